The second-order valence-electron chi connectivity index (χ2n) is 2.83. The molecule has 0 fully saturated rings. The number of carbonyl (C=O) groups is 1. The molecule has 1 aromatic carbocycles. The standard InChI is InChI=1S/C10H13N3O/c1-2-8-3-5-9(6-4-8)7-12-13-10(11)14/h3-7H,2H2,1H3,(H3,11,13,14). The van der Waals surface area contributed by atoms with Crippen LogP contribution in [0.2, 0.25) is 0 Å². The zero-order valence-electron chi connectivity index (χ0n) is 8.03. The van der Waals surface area contributed by atoms with Crippen molar-refractivity contribution < 1.29 is 4.79 Å². The van der Waals surface area contributed by atoms with Gasteiger partial charge in [0.25, 0.3) is 0 Å². The quantitative estimate of drug-likeness (QED) is 0.548. The normalized spacial score (nSPS) is 10.4. The molecule has 0 spiro atoms. The molecule has 3 N–H and O–H groups in total. The minimum atomic E-state index is -0.661. The van der Waals surface area contributed by atoms with Gasteiger partial charge in [-0.3, -0.25) is 0 Å². The van der Waals surface area contributed by atoms with Gasteiger partial charge in [0.1, 0.15) is 0 Å². The summed E-state index contributed by atoms with van der Waals surface area (Å²) in [6, 6.07) is 7.25. The Labute approximate surface area is 82.8 Å². The lowest BCUT2D eigenvalue weighted by molar-refractivity contribution is 0.249. The highest BCUT2D eigenvalue weighted by Crippen LogP contribution is 2.02. The van der Waals surface area contributed by atoms with E-state index in [-0.39, 0.29) is 0 Å². The Balaban J connectivity index is 2.59. The number of primary amides is 1. The van der Waals surface area contributed by atoms with Crippen LogP contribution in [0.5, 0.6) is 0 Å². The SMILES string of the molecule is CCc1ccc(C=NNC(N)=O)cc1. The first-order chi connectivity index (χ1) is 6.72. The monoisotopic (exact) mass is 191 g/mol. The van der Waals surface area contributed by atoms with Crippen LogP contribution in [-0.2, 0) is 6.42 Å². The zero-order chi connectivity index (χ0) is 10.4. The third-order valence-electron chi connectivity index (χ3n) is 1.78. The molecular formula is C10H13N3O. The van der Waals surface area contributed by atoms with Gasteiger partial charge < -0.3 is 5.73 Å². The Bertz CT molecular complexity index is 330. The van der Waals surface area contributed by atoms with Crippen LogP contribution < -0.4 is 11.2 Å². The number of benzene rings is 1. The van der Waals surface area contributed by atoms with E-state index in [0.29, 0.717) is 0 Å². The number of urea groups is 1. The summed E-state index contributed by atoms with van der Waals surface area (Å²) < 4.78 is 0. The fourth-order valence-corrected chi connectivity index (χ4v) is 1.01. The molecule has 0 atom stereocenters. The van der Waals surface area contributed by atoms with Gasteiger partial charge in [-0.1, -0.05) is 31.2 Å². The molecule has 1 aromatic rings. The van der Waals surface area contributed by atoms with Crippen molar-refractivity contribution in [2.75, 3.05) is 0 Å². The van der Waals surface area contributed by atoms with E-state index in [1.165, 1.54) is 5.56 Å². The molecule has 0 radical (unpaired) electrons. The summed E-state index contributed by atoms with van der Waals surface area (Å²) >= 11 is 0. The molecular weight excluding hydrogens is 178 g/mol. The number of nitrogens with one attached hydrogen (secondary N) is 1. The highest BCUT2D eigenvalue weighted by molar-refractivity contribution is 5.81. The number of amides is 2. The van der Waals surface area contributed by atoms with E-state index in [9.17, 15) is 4.79 Å². The van der Waals surface area contributed by atoms with E-state index in [4.69, 9.17) is 5.73 Å². The van der Waals surface area contributed by atoms with E-state index < -0.39 is 6.03 Å². The number of rotatable bonds is 3. The molecule has 0 unspecified atom stereocenters. The van der Waals surface area contributed by atoms with E-state index in [1.54, 1.807) is 6.21 Å². The van der Waals surface area contributed by atoms with Crippen molar-refractivity contribution in [2.45, 2.75) is 13.3 Å². The summed E-state index contributed by atoms with van der Waals surface area (Å²) in [5, 5.41) is 3.65. The molecule has 1 rings (SSSR count). The van der Waals surface area contributed by atoms with Crippen LogP contribution >= 0.6 is 0 Å². The van der Waals surface area contributed by atoms with Crippen LogP contribution in [0.15, 0.2) is 29.4 Å². The predicted molar refractivity (Wildman–Crippen MR) is 56.1 cm³/mol. The summed E-state index contributed by atoms with van der Waals surface area (Å²) in [5.74, 6) is 0. The Kier molecular flexibility index (Phi) is 3.67. The third kappa shape index (κ3) is 3.26. The lowest BCUT2D eigenvalue weighted by Crippen LogP contribution is -2.24. The van der Waals surface area contributed by atoms with Crippen LogP contribution in [0.4, 0.5) is 4.79 Å². The van der Waals surface area contributed by atoms with Crippen molar-refractivity contribution in [3.05, 3.63) is 35.4 Å². The molecule has 0 aliphatic carbocycles. The Morgan fingerprint density at radius 1 is 1.50 bits per heavy atom. The zero-order valence-corrected chi connectivity index (χ0v) is 8.03. The van der Waals surface area contributed by atoms with Crippen LogP contribution in [0.25, 0.3) is 0 Å². The van der Waals surface area contributed by atoms with Crippen molar-refractivity contribution in [3.63, 3.8) is 0 Å². The van der Waals surface area contributed by atoms with Crippen molar-refractivity contribution in [1.29, 1.82) is 0 Å². The van der Waals surface area contributed by atoms with Crippen molar-refractivity contribution in [2.24, 2.45) is 10.8 Å². The molecule has 0 aliphatic heterocycles. The number of nitrogens with two attached hydrogens (primary N) is 1. The van der Waals surface area contributed by atoms with E-state index in [1.807, 2.05) is 24.3 Å². The summed E-state index contributed by atoms with van der Waals surface area (Å²) in [4.78, 5) is 10.3. The second kappa shape index (κ2) is 5.01. The average Bonchev–Trinajstić information content (AvgIpc) is 2.18. The van der Waals surface area contributed by atoms with Gasteiger partial charge in [0.2, 0.25) is 0 Å². The molecule has 74 valence electrons. The molecule has 4 heteroatoms. The molecule has 0 bridgehead atoms. The van der Waals surface area contributed by atoms with Gasteiger partial charge in [-0.15, -0.1) is 0 Å². The smallest absolute Gasteiger partial charge is 0.332 e. The highest BCUT2D eigenvalue weighted by atomic mass is 16.2. The lowest BCUT2D eigenvalue weighted by Gasteiger charge is -1.96. The maximum Gasteiger partial charge on any atom is 0.332 e. The largest absolute Gasteiger partial charge is 0.350 e. The summed E-state index contributed by atoms with van der Waals surface area (Å²) in [6.07, 6.45) is 2.56. The van der Waals surface area contributed by atoms with Gasteiger partial charge in [-0.25, -0.2) is 10.2 Å². The van der Waals surface area contributed by atoms with Gasteiger partial charge >= 0.3 is 6.03 Å². The van der Waals surface area contributed by atoms with E-state index in [0.717, 1.165) is 12.0 Å². The Morgan fingerprint density at radius 3 is 2.64 bits per heavy atom. The molecule has 0 heterocycles. The molecule has 14 heavy (non-hydrogen) atoms. The first-order valence-corrected chi connectivity index (χ1v) is 4.40. The minimum absolute atomic E-state index is 0.661. The number of aryl methyl sites for hydroxylation is 1. The molecule has 0 aromatic heterocycles. The number of hydrogen-bond donors (Lipinski definition) is 2. The van der Waals surface area contributed by atoms with Crippen molar-refractivity contribution >= 4 is 12.2 Å². The maximum absolute atomic E-state index is 10.3. The Morgan fingerprint density at radius 2 is 2.14 bits per heavy atom. The minimum Gasteiger partial charge on any atom is -0.350 e. The first-order valence-electron chi connectivity index (χ1n) is 4.40. The average molecular weight is 191 g/mol. The van der Waals surface area contributed by atoms with Crippen LogP contribution in [-0.4, -0.2) is 12.2 Å². The topological polar surface area (TPSA) is 67.5 Å². The van der Waals surface area contributed by atoms with Crippen LogP contribution in [0, 0.1) is 0 Å². The Hall–Kier alpha value is -1.84. The van der Waals surface area contributed by atoms with Crippen molar-refractivity contribution in [1.82, 2.24) is 5.43 Å². The maximum atomic E-state index is 10.3. The lowest BCUT2D eigenvalue weighted by atomic mass is 10.1. The van der Waals surface area contributed by atoms with Crippen molar-refractivity contribution in [3.8, 4) is 0 Å². The predicted octanol–water partition coefficient (Wildman–Crippen LogP) is 1.25. The number of nitrogens with zero attached hydrogens (tertiary/aromatic N) is 1. The molecule has 0 aliphatic rings. The van der Waals surface area contributed by atoms with Gasteiger partial charge in [0.05, 0.1) is 6.21 Å². The summed E-state index contributed by atoms with van der Waals surface area (Å²) in [6.45, 7) is 2.09. The summed E-state index contributed by atoms with van der Waals surface area (Å²) in [7, 11) is 0. The molecule has 0 saturated carbocycles. The van der Waals surface area contributed by atoms with E-state index >= 15 is 0 Å². The molecule has 2 amide bonds. The summed E-state index contributed by atoms with van der Waals surface area (Å²) in [5.41, 5.74) is 9.16. The molecule has 0 saturated heterocycles. The van der Waals surface area contributed by atoms with Gasteiger partial charge in [0.15, 0.2) is 0 Å². The number of carbonyl (C=O) groups excluding carboxylic acids is 1. The fourth-order valence-electron chi connectivity index (χ4n) is 1.01. The van der Waals surface area contributed by atoms with Gasteiger partial charge in [-0.05, 0) is 17.5 Å². The molecule has 4 nitrogen and oxygen atoms in total. The van der Waals surface area contributed by atoms with E-state index in [2.05, 4.69) is 17.5 Å². The van der Waals surface area contributed by atoms with Crippen LogP contribution in [0.3, 0.4) is 0 Å². The number of hydrogen-bond acceptors (Lipinski definition) is 2. The highest BCUT2D eigenvalue weighted by Gasteiger charge is 1.90. The first kappa shape index (κ1) is 10.2. The number of hydrazone groups is 1. The third-order valence-corrected chi connectivity index (χ3v) is 1.78. The van der Waals surface area contributed by atoms with Gasteiger partial charge in [0, 0.05) is 0 Å². The second-order valence-corrected chi connectivity index (χ2v) is 2.83. The fraction of sp³-hybridized carbons (Fsp3) is 0.200. The van der Waals surface area contributed by atoms with Crippen LogP contribution in [0.1, 0.15) is 18.1 Å². The van der Waals surface area contributed by atoms with Gasteiger partial charge in [-0.2, -0.15) is 5.10 Å².